The van der Waals surface area contributed by atoms with Crippen LogP contribution in [-0.4, -0.2) is 36.0 Å². The Balaban J connectivity index is 1.61. The van der Waals surface area contributed by atoms with Crippen LogP contribution in [0, 0.1) is 10.8 Å². The quantitative estimate of drug-likeness (QED) is 0.583. The van der Waals surface area contributed by atoms with Crippen LogP contribution in [0.4, 0.5) is 0 Å². The molecule has 132 valence electrons. The van der Waals surface area contributed by atoms with Gasteiger partial charge in [-0.3, -0.25) is 4.79 Å². The molecule has 0 N–H and O–H groups in total. The number of carbonyl (C=O) groups excluding carboxylic acids is 2. The summed E-state index contributed by atoms with van der Waals surface area (Å²) in [6.45, 7) is 7.41. The topological polar surface area (TPSA) is 46.6 Å². The fourth-order valence-corrected chi connectivity index (χ4v) is 6.41. The van der Waals surface area contributed by atoms with Gasteiger partial charge in [-0.05, 0) is 68.0 Å². The van der Waals surface area contributed by atoms with E-state index < -0.39 is 5.97 Å². The second-order valence-corrected chi connectivity index (χ2v) is 11.3. The fourth-order valence-electron chi connectivity index (χ4n) is 4.48. The number of hydrogen-bond acceptors (Lipinski definition) is 4. The summed E-state index contributed by atoms with van der Waals surface area (Å²) in [5, 5.41) is 0. The van der Waals surface area contributed by atoms with Crippen molar-refractivity contribution < 1.29 is 14.3 Å². The van der Waals surface area contributed by atoms with Crippen molar-refractivity contribution in [2.45, 2.75) is 46.1 Å². The Morgan fingerprint density at radius 2 is 2.04 bits per heavy atom. The van der Waals surface area contributed by atoms with Gasteiger partial charge in [-0.2, -0.15) is 0 Å². The Hall–Kier alpha value is -0.400. The first kappa shape index (κ1) is 18.4. The summed E-state index contributed by atoms with van der Waals surface area (Å²) in [5.74, 6) is -0.530. The Bertz CT molecular complexity index is 668. The Labute approximate surface area is 163 Å². The maximum absolute atomic E-state index is 12.6. The molecule has 24 heavy (non-hydrogen) atoms. The van der Waals surface area contributed by atoms with Crippen LogP contribution < -0.4 is 0 Å². The molecule has 1 amide bonds. The van der Waals surface area contributed by atoms with Crippen molar-refractivity contribution in [2.24, 2.45) is 10.8 Å². The number of esters is 1. The van der Waals surface area contributed by atoms with Gasteiger partial charge in [0.15, 0.2) is 6.61 Å². The highest BCUT2D eigenvalue weighted by atomic mass is 79.9. The minimum atomic E-state index is -0.450. The van der Waals surface area contributed by atoms with E-state index in [1.807, 2.05) is 4.90 Å². The molecule has 2 heterocycles. The van der Waals surface area contributed by atoms with Gasteiger partial charge in [-0.1, -0.05) is 20.8 Å². The molecule has 2 aliphatic rings. The third-order valence-corrected chi connectivity index (χ3v) is 8.14. The summed E-state index contributed by atoms with van der Waals surface area (Å²) in [6.07, 6.45) is 3.21. The molecule has 0 spiro atoms. The molecule has 1 aliphatic heterocycles. The minimum absolute atomic E-state index is 0.0792. The average molecular weight is 479 g/mol. The standard InChI is InChI=1S/C17H21Br2NO3S/c1-16(2)5-10-6-17(3,8-16)9-20(10)13(21)7-23-15(22)12-4-11(18)14(19)24-12/h4,10H,5-9H2,1-3H3. The average Bonchev–Trinajstić information content (AvgIpc) is 2.92. The van der Waals surface area contributed by atoms with Crippen LogP contribution in [0.3, 0.4) is 0 Å². The van der Waals surface area contributed by atoms with Gasteiger partial charge in [0.2, 0.25) is 0 Å². The number of amides is 1. The molecule has 1 aliphatic carbocycles. The largest absolute Gasteiger partial charge is 0.451 e. The van der Waals surface area contributed by atoms with Gasteiger partial charge in [-0.25, -0.2) is 4.79 Å². The van der Waals surface area contributed by atoms with Crippen LogP contribution in [0.25, 0.3) is 0 Å². The molecule has 1 saturated heterocycles. The number of rotatable bonds is 3. The van der Waals surface area contributed by atoms with Crippen molar-refractivity contribution in [1.82, 2.24) is 4.90 Å². The molecule has 2 fully saturated rings. The summed E-state index contributed by atoms with van der Waals surface area (Å²) in [7, 11) is 0. The van der Waals surface area contributed by atoms with Crippen molar-refractivity contribution >= 4 is 55.1 Å². The number of fused-ring (bicyclic) bond motifs is 2. The normalized spacial score (nSPS) is 28.0. The van der Waals surface area contributed by atoms with E-state index in [1.54, 1.807) is 6.07 Å². The highest BCUT2D eigenvalue weighted by Crippen LogP contribution is 2.52. The number of hydrogen-bond donors (Lipinski definition) is 0. The molecule has 1 saturated carbocycles. The Kier molecular flexibility index (Phi) is 4.90. The zero-order valence-electron chi connectivity index (χ0n) is 14.0. The predicted octanol–water partition coefficient (Wildman–Crippen LogP) is 4.86. The third kappa shape index (κ3) is 3.73. The lowest BCUT2D eigenvalue weighted by atomic mass is 9.65. The zero-order valence-corrected chi connectivity index (χ0v) is 18.0. The van der Waals surface area contributed by atoms with Gasteiger partial charge in [0.1, 0.15) is 4.88 Å². The molecule has 7 heteroatoms. The first-order chi connectivity index (χ1) is 11.1. The Morgan fingerprint density at radius 1 is 1.33 bits per heavy atom. The summed E-state index contributed by atoms with van der Waals surface area (Å²) in [6, 6.07) is 1.98. The summed E-state index contributed by atoms with van der Waals surface area (Å²) in [4.78, 5) is 27.1. The Morgan fingerprint density at radius 3 is 2.67 bits per heavy atom. The SMILES string of the molecule is CC1(C)CC2CC(C)(CN2C(=O)COC(=O)c2cc(Br)c(Br)s2)C1. The maximum atomic E-state index is 12.6. The molecule has 2 unspecified atom stereocenters. The maximum Gasteiger partial charge on any atom is 0.348 e. The number of nitrogens with zero attached hydrogens (tertiary/aromatic N) is 1. The van der Waals surface area contributed by atoms with Crippen LogP contribution in [0.5, 0.6) is 0 Å². The minimum Gasteiger partial charge on any atom is -0.451 e. The van der Waals surface area contributed by atoms with Gasteiger partial charge in [0.25, 0.3) is 5.91 Å². The lowest BCUT2D eigenvalue weighted by Gasteiger charge is -2.39. The molecule has 0 aromatic carbocycles. The van der Waals surface area contributed by atoms with Crippen molar-refractivity contribution in [1.29, 1.82) is 0 Å². The molecule has 1 aromatic rings. The molecule has 1 aromatic heterocycles. The van der Waals surface area contributed by atoms with Gasteiger partial charge in [0, 0.05) is 17.1 Å². The van der Waals surface area contributed by atoms with Gasteiger partial charge in [0.05, 0.1) is 3.79 Å². The number of carbonyl (C=O) groups is 2. The van der Waals surface area contributed by atoms with Crippen molar-refractivity contribution in [3.63, 3.8) is 0 Å². The number of likely N-dealkylation sites (tertiary alicyclic amines) is 1. The van der Waals surface area contributed by atoms with E-state index >= 15 is 0 Å². The van der Waals surface area contributed by atoms with Gasteiger partial charge in [-0.15, -0.1) is 11.3 Å². The number of ether oxygens (including phenoxy) is 1. The highest BCUT2D eigenvalue weighted by molar-refractivity contribution is 9.13. The van der Waals surface area contributed by atoms with E-state index in [4.69, 9.17) is 4.74 Å². The lowest BCUT2D eigenvalue weighted by Crippen LogP contribution is -2.39. The number of thiophene rings is 1. The molecule has 2 atom stereocenters. The fraction of sp³-hybridized carbons (Fsp3) is 0.647. The summed E-state index contributed by atoms with van der Waals surface area (Å²) < 4.78 is 6.89. The van der Waals surface area contributed by atoms with E-state index in [9.17, 15) is 9.59 Å². The third-order valence-electron chi connectivity index (χ3n) is 4.91. The second kappa shape index (κ2) is 6.40. The molecule has 2 bridgehead atoms. The first-order valence-corrected chi connectivity index (χ1v) is 10.4. The molecule has 3 rings (SSSR count). The lowest BCUT2D eigenvalue weighted by molar-refractivity contribution is -0.135. The van der Waals surface area contributed by atoms with E-state index in [-0.39, 0.29) is 29.4 Å². The molecule has 0 radical (unpaired) electrons. The van der Waals surface area contributed by atoms with Gasteiger partial charge >= 0.3 is 5.97 Å². The van der Waals surface area contributed by atoms with Crippen molar-refractivity contribution in [3.8, 4) is 0 Å². The smallest absolute Gasteiger partial charge is 0.348 e. The van der Waals surface area contributed by atoms with Crippen LogP contribution in [-0.2, 0) is 9.53 Å². The molecular formula is C17H21Br2NO3S. The second-order valence-electron chi connectivity index (χ2n) is 8.04. The van der Waals surface area contributed by atoms with Crippen molar-refractivity contribution in [2.75, 3.05) is 13.2 Å². The van der Waals surface area contributed by atoms with E-state index in [0.717, 1.165) is 34.1 Å². The van der Waals surface area contributed by atoms with E-state index in [1.165, 1.54) is 11.3 Å². The summed E-state index contributed by atoms with van der Waals surface area (Å²) >= 11 is 7.99. The molecular weight excluding hydrogens is 458 g/mol. The van der Waals surface area contributed by atoms with Crippen molar-refractivity contribution in [3.05, 3.63) is 19.2 Å². The first-order valence-electron chi connectivity index (χ1n) is 8.00. The van der Waals surface area contributed by atoms with Crippen LogP contribution >= 0.6 is 43.2 Å². The zero-order chi connectivity index (χ0) is 17.7. The predicted molar refractivity (Wildman–Crippen MR) is 101 cm³/mol. The highest BCUT2D eigenvalue weighted by Gasteiger charge is 2.50. The number of halogens is 2. The van der Waals surface area contributed by atoms with E-state index in [0.29, 0.717) is 4.88 Å². The van der Waals surface area contributed by atoms with Crippen LogP contribution in [0.1, 0.15) is 49.7 Å². The van der Waals surface area contributed by atoms with Crippen LogP contribution in [0.2, 0.25) is 0 Å². The monoisotopic (exact) mass is 477 g/mol. The summed E-state index contributed by atoms with van der Waals surface area (Å²) in [5.41, 5.74) is 0.453. The van der Waals surface area contributed by atoms with Gasteiger partial charge < -0.3 is 9.64 Å². The molecule has 4 nitrogen and oxygen atoms in total. The van der Waals surface area contributed by atoms with E-state index in [2.05, 4.69) is 52.6 Å². The van der Waals surface area contributed by atoms with Crippen LogP contribution in [0.15, 0.2) is 14.3 Å².